The summed E-state index contributed by atoms with van der Waals surface area (Å²) in [6.07, 6.45) is 35.5. The van der Waals surface area contributed by atoms with Gasteiger partial charge in [-0.1, -0.05) is 235 Å². The molecular formula is C56H104O8. The lowest BCUT2D eigenvalue weighted by molar-refractivity contribution is -0.185. The predicted molar refractivity (Wildman–Crippen MR) is 265 cm³/mol. The molecule has 0 aromatic carbocycles. The molecule has 1 aliphatic rings. The summed E-state index contributed by atoms with van der Waals surface area (Å²) >= 11 is 0. The first-order valence-electron chi connectivity index (χ1n) is 27.6. The van der Waals surface area contributed by atoms with Crippen LogP contribution < -0.4 is 0 Å². The van der Waals surface area contributed by atoms with E-state index in [1.54, 1.807) is 0 Å². The number of ether oxygens (including phenoxy) is 3. The summed E-state index contributed by atoms with van der Waals surface area (Å²) in [5.41, 5.74) is -1.37. The van der Waals surface area contributed by atoms with Gasteiger partial charge in [-0.25, -0.2) is 0 Å². The van der Waals surface area contributed by atoms with E-state index >= 15 is 0 Å². The lowest BCUT2D eigenvalue weighted by Crippen LogP contribution is -2.54. The maximum Gasteiger partial charge on any atom is 0.312 e. The van der Waals surface area contributed by atoms with Crippen molar-refractivity contribution in [1.29, 1.82) is 0 Å². The van der Waals surface area contributed by atoms with Crippen molar-refractivity contribution in [1.82, 2.24) is 0 Å². The molecule has 4 unspecified atom stereocenters. The van der Waals surface area contributed by atoms with Crippen LogP contribution in [-0.4, -0.2) is 48.8 Å². The molecule has 0 spiro atoms. The summed E-state index contributed by atoms with van der Waals surface area (Å²) in [6, 6.07) is 0. The first kappa shape index (κ1) is 59.9. The van der Waals surface area contributed by atoms with E-state index in [0.717, 1.165) is 108 Å². The molecule has 0 saturated heterocycles. The quantitative estimate of drug-likeness (QED) is 0.0365. The van der Waals surface area contributed by atoms with Crippen LogP contribution in [-0.2, 0) is 33.4 Å². The molecule has 1 fully saturated rings. The van der Waals surface area contributed by atoms with E-state index in [9.17, 15) is 24.3 Å². The fourth-order valence-corrected chi connectivity index (χ4v) is 9.82. The van der Waals surface area contributed by atoms with Gasteiger partial charge in [0.15, 0.2) is 0 Å². The average Bonchev–Trinajstić information content (AvgIpc) is 3.25. The van der Waals surface area contributed by atoms with Crippen molar-refractivity contribution >= 4 is 23.9 Å². The van der Waals surface area contributed by atoms with Gasteiger partial charge in [0, 0.05) is 0 Å². The number of carbonyl (C=O) groups excluding carboxylic acids is 3. The highest BCUT2D eigenvalue weighted by atomic mass is 16.5. The molecule has 0 radical (unpaired) electrons. The maximum absolute atomic E-state index is 14.6. The molecular weight excluding hydrogens is 801 g/mol. The monoisotopic (exact) mass is 905 g/mol. The van der Waals surface area contributed by atoms with Gasteiger partial charge in [0.1, 0.15) is 0 Å². The zero-order valence-electron chi connectivity index (χ0n) is 43.1. The summed E-state index contributed by atoms with van der Waals surface area (Å²) in [4.78, 5) is 55.8. The third kappa shape index (κ3) is 28.8. The van der Waals surface area contributed by atoms with Crippen molar-refractivity contribution in [3.05, 3.63) is 0 Å². The van der Waals surface area contributed by atoms with Crippen molar-refractivity contribution in [2.45, 2.75) is 273 Å². The molecule has 376 valence electrons. The molecule has 0 aliphatic heterocycles. The number of esters is 3. The van der Waals surface area contributed by atoms with Gasteiger partial charge in [-0.15, -0.1) is 0 Å². The molecule has 0 bridgehead atoms. The van der Waals surface area contributed by atoms with Crippen LogP contribution in [0, 0.1) is 40.9 Å². The topological polar surface area (TPSA) is 116 Å². The summed E-state index contributed by atoms with van der Waals surface area (Å²) in [6.45, 7) is 16.5. The third-order valence-electron chi connectivity index (χ3n) is 14.0. The van der Waals surface area contributed by atoms with Gasteiger partial charge in [0.25, 0.3) is 0 Å². The Balaban J connectivity index is 3.12. The summed E-state index contributed by atoms with van der Waals surface area (Å²) < 4.78 is 17.9. The van der Waals surface area contributed by atoms with Crippen LogP contribution >= 0.6 is 0 Å². The second-order valence-electron chi connectivity index (χ2n) is 21.4. The molecule has 0 amide bonds. The molecule has 4 atom stereocenters. The SMILES string of the molecule is CCCCCCCCCCC1(C(=O)OCCCCCCCCCC(C)C)CC(C(=O)O)C(C(=O)OCCCCCCCCCC(C)C)CC1C(=O)OCCCCCCCCCC(C)C. The van der Waals surface area contributed by atoms with Gasteiger partial charge >= 0.3 is 23.9 Å². The summed E-state index contributed by atoms with van der Waals surface area (Å²) in [5, 5.41) is 10.7. The first-order chi connectivity index (χ1) is 30.8. The second kappa shape index (κ2) is 38.9. The van der Waals surface area contributed by atoms with E-state index in [2.05, 4.69) is 48.5 Å². The Morgan fingerprint density at radius 1 is 0.453 bits per heavy atom. The molecule has 8 heteroatoms. The van der Waals surface area contributed by atoms with Gasteiger partial charge in [-0.2, -0.15) is 0 Å². The molecule has 1 aliphatic carbocycles. The van der Waals surface area contributed by atoms with Gasteiger partial charge in [0.2, 0.25) is 0 Å². The molecule has 0 aromatic heterocycles. The highest BCUT2D eigenvalue weighted by molar-refractivity contribution is 5.89. The van der Waals surface area contributed by atoms with E-state index in [-0.39, 0.29) is 32.7 Å². The predicted octanol–water partition coefficient (Wildman–Crippen LogP) is 16.2. The number of carbonyl (C=O) groups is 4. The van der Waals surface area contributed by atoms with Gasteiger partial charge in [-0.05, 0) is 56.3 Å². The number of hydrogen-bond acceptors (Lipinski definition) is 7. The number of aliphatic carboxylic acids is 1. The van der Waals surface area contributed by atoms with E-state index in [4.69, 9.17) is 14.2 Å². The average molecular weight is 905 g/mol. The van der Waals surface area contributed by atoms with Crippen LogP contribution in [0.2, 0.25) is 0 Å². The van der Waals surface area contributed by atoms with Crippen LogP contribution in [0.5, 0.6) is 0 Å². The largest absolute Gasteiger partial charge is 0.481 e. The Hall–Kier alpha value is -2.12. The third-order valence-corrected chi connectivity index (χ3v) is 14.0. The van der Waals surface area contributed by atoms with Gasteiger partial charge < -0.3 is 19.3 Å². The fraction of sp³-hybridized carbons (Fsp3) is 0.929. The fourth-order valence-electron chi connectivity index (χ4n) is 9.82. The van der Waals surface area contributed by atoms with Crippen molar-refractivity contribution in [2.24, 2.45) is 40.9 Å². The van der Waals surface area contributed by atoms with E-state index in [0.29, 0.717) is 12.8 Å². The molecule has 1 rings (SSSR count). The lowest BCUT2D eigenvalue weighted by atomic mass is 9.57. The van der Waals surface area contributed by atoms with Crippen molar-refractivity contribution in [2.75, 3.05) is 19.8 Å². The van der Waals surface area contributed by atoms with Crippen molar-refractivity contribution in [3.63, 3.8) is 0 Å². The Labute approximate surface area is 395 Å². The Kier molecular flexibility index (Phi) is 36.4. The number of rotatable bonds is 43. The Morgan fingerprint density at radius 2 is 0.797 bits per heavy atom. The molecule has 0 heterocycles. The van der Waals surface area contributed by atoms with E-state index in [1.807, 2.05) is 0 Å². The minimum Gasteiger partial charge on any atom is -0.481 e. The molecule has 8 nitrogen and oxygen atoms in total. The molecule has 1 saturated carbocycles. The minimum absolute atomic E-state index is 0.0791. The van der Waals surface area contributed by atoms with Crippen LogP contribution in [0.4, 0.5) is 0 Å². The molecule has 0 aromatic rings. The van der Waals surface area contributed by atoms with E-state index in [1.165, 1.54) is 109 Å². The molecule has 64 heavy (non-hydrogen) atoms. The van der Waals surface area contributed by atoms with Crippen LogP contribution in [0.15, 0.2) is 0 Å². The number of carboxylic acid groups (broad SMARTS) is 1. The normalized spacial score (nSPS) is 18.8. The first-order valence-corrected chi connectivity index (χ1v) is 27.6. The second-order valence-corrected chi connectivity index (χ2v) is 21.4. The van der Waals surface area contributed by atoms with Crippen LogP contribution in [0.3, 0.4) is 0 Å². The Bertz CT molecular complexity index is 1170. The smallest absolute Gasteiger partial charge is 0.312 e. The highest BCUT2D eigenvalue weighted by Crippen LogP contribution is 2.52. The Morgan fingerprint density at radius 3 is 1.19 bits per heavy atom. The van der Waals surface area contributed by atoms with Crippen molar-refractivity contribution < 1.29 is 38.5 Å². The number of carboxylic acids is 1. The molecule has 1 N–H and O–H groups in total. The highest BCUT2D eigenvalue weighted by Gasteiger charge is 2.59. The zero-order valence-corrected chi connectivity index (χ0v) is 43.1. The minimum atomic E-state index is -1.37. The van der Waals surface area contributed by atoms with Crippen molar-refractivity contribution in [3.8, 4) is 0 Å². The number of unbranched alkanes of at least 4 members (excludes halogenated alkanes) is 25. The summed E-state index contributed by atoms with van der Waals surface area (Å²) in [5.74, 6) is -3.63. The number of hydrogen-bond donors (Lipinski definition) is 1. The standard InChI is InChI=1S/C56H104O8/c1-8-9-10-11-12-19-26-33-40-56(55(61)64-43-36-29-22-15-18-25-32-39-48(6)7)45-50(52(57)58)49(53(59)62-41-34-27-20-13-16-23-30-37-46(2)3)44-51(56)54(60)63-42-35-28-21-14-17-24-31-38-47(4)5/h46-51H,8-45H2,1-7H3,(H,57,58). The summed E-state index contributed by atoms with van der Waals surface area (Å²) in [7, 11) is 0. The van der Waals surface area contributed by atoms with E-state index < -0.39 is 47.0 Å². The lowest BCUT2D eigenvalue weighted by Gasteiger charge is -2.45. The van der Waals surface area contributed by atoms with Crippen LogP contribution in [0.1, 0.15) is 273 Å². The van der Waals surface area contributed by atoms with Gasteiger partial charge in [0.05, 0.1) is 43.0 Å². The maximum atomic E-state index is 14.6. The zero-order chi connectivity index (χ0) is 47.3. The van der Waals surface area contributed by atoms with Crippen LogP contribution in [0.25, 0.3) is 0 Å². The van der Waals surface area contributed by atoms with Gasteiger partial charge in [-0.3, -0.25) is 19.2 Å².